The molecule has 0 aromatic carbocycles. The average Bonchev–Trinajstić information content (AvgIpc) is 2.63. The minimum absolute atomic E-state index is 0.0590. The molecule has 0 aliphatic carbocycles. The van der Waals surface area contributed by atoms with E-state index in [1.165, 1.54) is 6.20 Å². The molecule has 0 spiro atoms. The number of guanidine groups is 1. The van der Waals surface area contributed by atoms with Crippen molar-refractivity contribution in [3.8, 4) is 0 Å². The molecule has 0 saturated heterocycles. The van der Waals surface area contributed by atoms with Gasteiger partial charge in [0.15, 0.2) is 12.4 Å². The third kappa shape index (κ3) is 2.85. The molecule has 8 heteroatoms. The molecule has 0 saturated carbocycles. The van der Waals surface area contributed by atoms with Gasteiger partial charge in [0, 0.05) is 21.8 Å². The summed E-state index contributed by atoms with van der Waals surface area (Å²) in [7, 11) is 0. The molecule has 0 bridgehead atoms. The molecule has 0 radical (unpaired) electrons. The number of alkyl halides is 1. The minimum Gasteiger partial charge on any atom is -0.390 e. The maximum Gasteiger partial charge on any atom is 0.544 e. The van der Waals surface area contributed by atoms with Crippen LogP contribution in [0.15, 0.2) is 17.4 Å². The van der Waals surface area contributed by atoms with Crippen molar-refractivity contribution < 1.29 is 14.5 Å². The van der Waals surface area contributed by atoms with E-state index in [-0.39, 0.29) is 23.6 Å². The molecule has 90 valence electrons. The Labute approximate surface area is 101 Å². The molecule has 0 fully saturated rings. The van der Waals surface area contributed by atoms with E-state index in [0.29, 0.717) is 13.2 Å². The van der Waals surface area contributed by atoms with Gasteiger partial charge < -0.3 is 15.2 Å². The van der Waals surface area contributed by atoms with E-state index in [0.717, 1.165) is 5.33 Å². The largest absolute Gasteiger partial charge is 0.544 e. The van der Waals surface area contributed by atoms with Crippen LogP contribution >= 0.6 is 15.9 Å². The van der Waals surface area contributed by atoms with E-state index in [2.05, 4.69) is 26.2 Å². The summed E-state index contributed by atoms with van der Waals surface area (Å²) in [4.78, 5) is 14.0. The van der Waals surface area contributed by atoms with Crippen molar-refractivity contribution in [2.75, 3.05) is 31.7 Å². The topological polar surface area (TPSA) is 87.8 Å². The number of aliphatic imine (C=N–C) groups is 1. The molecule has 0 amide bonds. The summed E-state index contributed by atoms with van der Waals surface area (Å²) in [6, 6.07) is 0. The Morgan fingerprint density at radius 1 is 1.69 bits per heavy atom. The van der Waals surface area contributed by atoms with Crippen LogP contribution in [0, 0.1) is 10.1 Å². The molecule has 1 aliphatic heterocycles. The Bertz CT molecular complexity index is 320. The summed E-state index contributed by atoms with van der Waals surface area (Å²) >= 11 is 3.26. The van der Waals surface area contributed by atoms with Crippen molar-refractivity contribution in [1.29, 1.82) is 0 Å². The van der Waals surface area contributed by atoms with Gasteiger partial charge >= 0.3 is 5.96 Å². The monoisotopic (exact) mass is 293 g/mol. The smallest absolute Gasteiger partial charge is 0.390 e. The quantitative estimate of drug-likeness (QED) is 0.234. The number of hydrogen-bond donors (Lipinski definition) is 2. The summed E-state index contributed by atoms with van der Waals surface area (Å²) in [5.41, 5.74) is 0. The van der Waals surface area contributed by atoms with Crippen molar-refractivity contribution in [3.63, 3.8) is 0 Å². The highest BCUT2D eigenvalue weighted by Gasteiger charge is 2.44. The second kappa shape index (κ2) is 6.04. The van der Waals surface area contributed by atoms with E-state index in [4.69, 9.17) is 5.11 Å². The molecule has 2 N–H and O–H groups in total. The second-order valence-corrected chi connectivity index (χ2v) is 4.11. The van der Waals surface area contributed by atoms with Gasteiger partial charge in [-0.1, -0.05) is 15.9 Å². The van der Waals surface area contributed by atoms with Crippen LogP contribution in [-0.4, -0.2) is 52.2 Å². The number of nitrogens with one attached hydrogen (secondary N) is 1. The van der Waals surface area contributed by atoms with E-state index in [1.807, 2.05) is 0 Å². The number of hydrogen-bond acceptors (Lipinski definition) is 5. The number of aliphatic hydroxyl groups excluding tert-OH is 1. The lowest BCUT2D eigenvalue weighted by molar-refractivity contribution is -0.825. The lowest BCUT2D eigenvalue weighted by Crippen LogP contribution is -2.56. The highest BCUT2D eigenvalue weighted by Crippen LogP contribution is 2.15. The van der Waals surface area contributed by atoms with Crippen molar-refractivity contribution in [3.05, 3.63) is 22.5 Å². The zero-order valence-corrected chi connectivity index (χ0v) is 10.3. The van der Waals surface area contributed by atoms with Crippen LogP contribution < -0.4 is 5.32 Å². The lowest BCUT2D eigenvalue weighted by atomic mass is 10.4. The first kappa shape index (κ1) is 13.2. The number of nitrogens with zero attached hydrogens (tertiary/aromatic N) is 3. The fourth-order valence-corrected chi connectivity index (χ4v) is 1.80. The first-order chi connectivity index (χ1) is 7.66. The number of aliphatic hydroxyl groups is 1. The van der Waals surface area contributed by atoms with Gasteiger partial charge in [-0.25, -0.2) is 0 Å². The normalized spacial score (nSPS) is 23.5. The van der Waals surface area contributed by atoms with Crippen LogP contribution in [0.3, 0.4) is 0 Å². The van der Waals surface area contributed by atoms with Crippen LogP contribution in [0.4, 0.5) is 0 Å². The molecule has 1 atom stereocenters. The fourth-order valence-electron chi connectivity index (χ4n) is 1.52. The average molecular weight is 294 g/mol. The molecular weight excluding hydrogens is 280 g/mol. The Morgan fingerprint density at radius 2 is 2.44 bits per heavy atom. The molecule has 1 heterocycles. The molecule has 16 heavy (non-hydrogen) atoms. The molecule has 0 aromatic heterocycles. The van der Waals surface area contributed by atoms with Gasteiger partial charge in [-0.05, 0) is 0 Å². The standard InChI is InChI=1S/C8H14BrN4O3/c9-1-2-10-7-13(5-6-14)4-3-11-8(13)12(15)16/h3-4,10,14H,1-2,5-7H2/q+1. The van der Waals surface area contributed by atoms with Crippen LogP contribution in [0.25, 0.3) is 0 Å². The van der Waals surface area contributed by atoms with Gasteiger partial charge in [-0.3, -0.25) is 5.32 Å². The number of halogens is 1. The first-order valence-corrected chi connectivity index (χ1v) is 5.93. The van der Waals surface area contributed by atoms with Crippen LogP contribution in [0.1, 0.15) is 0 Å². The van der Waals surface area contributed by atoms with Crippen LogP contribution in [0.2, 0.25) is 0 Å². The molecular formula is C8H14BrN4O3+. The lowest BCUT2D eigenvalue weighted by Gasteiger charge is -2.25. The van der Waals surface area contributed by atoms with Gasteiger partial charge in [0.05, 0.1) is 6.61 Å². The van der Waals surface area contributed by atoms with Crippen molar-refractivity contribution in [1.82, 2.24) is 5.32 Å². The molecule has 1 rings (SSSR count). The number of rotatable bonds is 6. The van der Waals surface area contributed by atoms with Crippen molar-refractivity contribution in [2.24, 2.45) is 4.99 Å². The second-order valence-electron chi connectivity index (χ2n) is 3.31. The molecule has 7 nitrogen and oxygen atoms in total. The first-order valence-electron chi connectivity index (χ1n) is 4.81. The Kier molecular flexibility index (Phi) is 5.00. The highest BCUT2D eigenvalue weighted by atomic mass is 79.9. The van der Waals surface area contributed by atoms with Crippen molar-refractivity contribution in [2.45, 2.75) is 0 Å². The summed E-state index contributed by atoms with van der Waals surface area (Å²) < 4.78 is -0.0590. The van der Waals surface area contributed by atoms with Gasteiger partial charge in [-0.2, -0.15) is 4.48 Å². The third-order valence-corrected chi connectivity index (χ3v) is 2.66. The Balaban J connectivity index is 2.75. The van der Waals surface area contributed by atoms with E-state index in [9.17, 15) is 10.1 Å². The van der Waals surface area contributed by atoms with E-state index < -0.39 is 4.92 Å². The summed E-state index contributed by atoms with van der Waals surface area (Å²) in [5, 5.41) is 23.6. The zero-order valence-electron chi connectivity index (χ0n) is 8.67. The minimum atomic E-state index is -0.508. The van der Waals surface area contributed by atoms with Crippen LogP contribution in [-0.2, 0) is 0 Å². The van der Waals surface area contributed by atoms with Gasteiger partial charge in [0.1, 0.15) is 13.2 Å². The predicted octanol–water partition coefficient (Wildman–Crippen LogP) is -0.145. The summed E-state index contributed by atoms with van der Waals surface area (Å²) in [6.07, 6.45) is 3.03. The Hall–Kier alpha value is -0.830. The van der Waals surface area contributed by atoms with Crippen LogP contribution in [0.5, 0.6) is 0 Å². The zero-order chi connectivity index (χ0) is 12.0. The van der Waals surface area contributed by atoms with Gasteiger partial charge in [0.25, 0.3) is 0 Å². The maximum absolute atomic E-state index is 10.8. The third-order valence-electron chi connectivity index (χ3n) is 2.27. The fraction of sp³-hybridized carbons (Fsp3) is 0.625. The van der Waals surface area contributed by atoms with Crippen molar-refractivity contribution >= 4 is 21.9 Å². The number of quaternary nitrogens is 1. The molecule has 1 aliphatic rings. The maximum atomic E-state index is 10.8. The van der Waals surface area contributed by atoms with Gasteiger partial charge in [-0.15, -0.1) is 0 Å². The SMILES string of the molecule is O=[N+]([O-])C1=NC=C[N+]1(CCO)CNCCBr. The molecule has 0 aromatic rings. The Morgan fingerprint density at radius 3 is 3.00 bits per heavy atom. The molecule has 1 unspecified atom stereocenters. The predicted molar refractivity (Wildman–Crippen MR) is 62.4 cm³/mol. The van der Waals surface area contributed by atoms with E-state index in [1.54, 1.807) is 6.20 Å². The summed E-state index contributed by atoms with van der Waals surface area (Å²) in [6.45, 7) is 1.16. The van der Waals surface area contributed by atoms with Gasteiger partial charge in [0.2, 0.25) is 0 Å². The number of nitro groups is 1. The van der Waals surface area contributed by atoms with E-state index >= 15 is 0 Å². The summed E-state index contributed by atoms with van der Waals surface area (Å²) in [5.74, 6) is -0.156. The highest BCUT2D eigenvalue weighted by molar-refractivity contribution is 9.09.